The molecule has 1 aromatic rings. The first-order chi connectivity index (χ1) is 18.1. The van der Waals surface area contributed by atoms with Crippen LogP contribution in [0.2, 0.25) is 0 Å². The number of halogens is 3. The van der Waals surface area contributed by atoms with Crippen LogP contribution in [0, 0.1) is 5.92 Å². The fourth-order valence-corrected chi connectivity index (χ4v) is 7.95. The molecular weight excluding hydrogens is 493 g/mol. The Morgan fingerprint density at radius 1 is 1.05 bits per heavy atom. The molecule has 5 aliphatic rings. The topological polar surface area (TPSA) is 73.0 Å². The van der Waals surface area contributed by atoms with Gasteiger partial charge in [0.05, 0.1) is 12.0 Å². The van der Waals surface area contributed by atoms with E-state index in [1.54, 1.807) is 0 Å². The molecule has 9 heteroatoms. The first-order valence-corrected chi connectivity index (χ1v) is 14.4. The molecule has 3 aliphatic heterocycles. The highest BCUT2D eigenvalue weighted by Gasteiger charge is 2.58. The average Bonchev–Trinajstić information content (AvgIpc) is 3.34. The number of alkyl halides is 3. The minimum Gasteiger partial charge on any atom is -0.377 e. The fraction of sp³-hybridized carbons (Fsp3) is 0.759. The van der Waals surface area contributed by atoms with Gasteiger partial charge in [-0.3, -0.25) is 9.69 Å². The molecule has 38 heavy (non-hydrogen) atoms. The van der Waals surface area contributed by atoms with Crippen molar-refractivity contribution in [3.05, 3.63) is 35.9 Å². The van der Waals surface area contributed by atoms with Crippen LogP contribution < -0.4 is 5.73 Å². The molecule has 6 atom stereocenters. The molecule has 1 unspecified atom stereocenters. The maximum Gasteiger partial charge on any atom is 0.391 e. The second-order valence-electron chi connectivity index (χ2n) is 12.8. The second-order valence-corrected chi connectivity index (χ2v) is 12.8. The number of carbonyl (C=O) groups is 1. The standard InChI is InChI=1S/C29H41F3N4O2/c1-34(23-13-20(14-23)29(30,31)32)21-7-9-24(33)26(37)36-22(15-21)8-10-25(36)27(38)35-17-19(16-28(35)11-12-28)18-5-3-2-4-6-18/h2-6,19-26,37H,7-17,33H2,1H3/t19-,20?,21+,22-,23?,24+,25+,26?/m1/s1. The van der Waals surface area contributed by atoms with Gasteiger partial charge in [-0.15, -0.1) is 0 Å². The summed E-state index contributed by atoms with van der Waals surface area (Å²) < 4.78 is 39.3. The lowest BCUT2D eigenvalue weighted by atomic mass is 9.77. The number of fused-ring (bicyclic) bond motifs is 1. The molecule has 1 aromatic carbocycles. The van der Waals surface area contributed by atoms with Gasteiger partial charge in [-0.1, -0.05) is 30.3 Å². The number of nitrogens with two attached hydrogens (primary N) is 1. The second kappa shape index (κ2) is 9.75. The number of carbonyl (C=O) groups excluding carboxylic acids is 1. The van der Waals surface area contributed by atoms with Crippen LogP contribution in [0.5, 0.6) is 0 Å². The SMILES string of the molecule is CN(C1CC(C(F)(F)F)C1)[C@H]1CC[C@H](N)C(O)N2[C@H](CC[C@H]2C(=O)N2C[C@H](c3ccccc3)CC23CC3)C1. The van der Waals surface area contributed by atoms with Gasteiger partial charge in [0.25, 0.3) is 0 Å². The third-order valence-corrected chi connectivity index (χ3v) is 10.6. The van der Waals surface area contributed by atoms with Gasteiger partial charge in [-0.05, 0) is 76.8 Å². The smallest absolute Gasteiger partial charge is 0.377 e. The van der Waals surface area contributed by atoms with Crippen molar-refractivity contribution in [3.8, 4) is 0 Å². The molecule has 6 rings (SSSR count). The molecule has 2 saturated carbocycles. The van der Waals surface area contributed by atoms with E-state index in [1.165, 1.54) is 5.56 Å². The Labute approximate surface area is 223 Å². The summed E-state index contributed by atoms with van der Waals surface area (Å²) in [7, 11) is 1.94. The van der Waals surface area contributed by atoms with E-state index in [-0.39, 0.29) is 42.4 Å². The minimum absolute atomic E-state index is 0.00100. The molecule has 3 heterocycles. The highest BCUT2D eigenvalue weighted by Crippen LogP contribution is 2.54. The molecule has 2 aliphatic carbocycles. The van der Waals surface area contributed by atoms with Crippen LogP contribution in [0.1, 0.15) is 75.7 Å². The van der Waals surface area contributed by atoms with Crippen molar-refractivity contribution >= 4 is 5.91 Å². The normalized spacial score (nSPS) is 39.1. The van der Waals surface area contributed by atoms with Crippen molar-refractivity contribution in [3.63, 3.8) is 0 Å². The van der Waals surface area contributed by atoms with Crippen molar-refractivity contribution in [1.82, 2.24) is 14.7 Å². The fourth-order valence-electron chi connectivity index (χ4n) is 7.95. The lowest BCUT2D eigenvalue weighted by Crippen LogP contribution is -2.60. The Morgan fingerprint density at radius 3 is 2.42 bits per heavy atom. The average molecular weight is 535 g/mol. The molecule has 0 aromatic heterocycles. The van der Waals surface area contributed by atoms with Crippen LogP contribution in [0.15, 0.2) is 30.3 Å². The van der Waals surface area contributed by atoms with Gasteiger partial charge in [-0.2, -0.15) is 13.2 Å². The van der Waals surface area contributed by atoms with E-state index in [9.17, 15) is 23.1 Å². The van der Waals surface area contributed by atoms with E-state index < -0.39 is 30.4 Å². The summed E-state index contributed by atoms with van der Waals surface area (Å²) in [4.78, 5) is 20.3. The maximum atomic E-state index is 14.1. The van der Waals surface area contributed by atoms with Gasteiger partial charge in [-0.25, -0.2) is 0 Å². The molecule has 210 valence electrons. The predicted octanol–water partition coefficient (Wildman–Crippen LogP) is 3.84. The molecule has 0 radical (unpaired) electrons. The molecule has 1 spiro atoms. The number of amides is 1. The predicted molar refractivity (Wildman–Crippen MR) is 138 cm³/mol. The highest BCUT2D eigenvalue weighted by molar-refractivity contribution is 5.84. The van der Waals surface area contributed by atoms with Crippen LogP contribution in [0.25, 0.3) is 0 Å². The zero-order valence-corrected chi connectivity index (χ0v) is 22.2. The Bertz CT molecular complexity index is 1010. The summed E-state index contributed by atoms with van der Waals surface area (Å²) in [5.41, 5.74) is 7.69. The minimum atomic E-state index is -4.12. The van der Waals surface area contributed by atoms with Crippen LogP contribution >= 0.6 is 0 Å². The Hall–Kier alpha value is -1.68. The highest BCUT2D eigenvalue weighted by atomic mass is 19.4. The first-order valence-electron chi connectivity index (χ1n) is 14.4. The zero-order valence-electron chi connectivity index (χ0n) is 22.2. The lowest BCUT2D eigenvalue weighted by molar-refractivity contribution is -0.208. The third kappa shape index (κ3) is 4.67. The molecule has 3 saturated heterocycles. The van der Waals surface area contributed by atoms with Crippen LogP contribution in [0.4, 0.5) is 13.2 Å². The molecular formula is C29H41F3N4O2. The molecule has 1 amide bonds. The number of benzene rings is 1. The van der Waals surface area contributed by atoms with Crippen LogP contribution in [-0.4, -0.2) is 87.5 Å². The summed E-state index contributed by atoms with van der Waals surface area (Å²) in [6.07, 6.45) is 1.93. The van der Waals surface area contributed by atoms with E-state index in [4.69, 9.17) is 5.73 Å². The van der Waals surface area contributed by atoms with Crippen molar-refractivity contribution in [2.45, 2.75) is 118 Å². The molecule has 0 bridgehead atoms. The van der Waals surface area contributed by atoms with Crippen molar-refractivity contribution in [2.75, 3.05) is 13.6 Å². The maximum absolute atomic E-state index is 14.1. The Kier molecular flexibility index (Phi) is 6.81. The third-order valence-electron chi connectivity index (χ3n) is 10.6. The molecule has 6 nitrogen and oxygen atoms in total. The summed E-state index contributed by atoms with van der Waals surface area (Å²) in [6.45, 7) is 0.716. The zero-order chi connectivity index (χ0) is 26.8. The quantitative estimate of drug-likeness (QED) is 0.614. The number of nitrogens with zero attached hydrogens (tertiary/aromatic N) is 3. The van der Waals surface area contributed by atoms with Crippen molar-refractivity contribution in [2.24, 2.45) is 11.7 Å². The number of likely N-dealkylation sites (tertiary alicyclic amines) is 1. The van der Waals surface area contributed by atoms with E-state index in [0.29, 0.717) is 25.3 Å². The van der Waals surface area contributed by atoms with Gasteiger partial charge in [0.2, 0.25) is 5.91 Å². The van der Waals surface area contributed by atoms with Crippen molar-refractivity contribution in [1.29, 1.82) is 0 Å². The number of hydrogen-bond acceptors (Lipinski definition) is 5. The van der Waals surface area contributed by atoms with Gasteiger partial charge >= 0.3 is 6.18 Å². The van der Waals surface area contributed by atoms with Gasteiger partial charge in [0.1, 0.15) is 6.23 Å². The monoisotopic (exact) mass is 534 g/mol. The summed E-state index contributed by atoms with van der Waals surface area (Å²) >= 11 is 0. The number of aliphatic hydroxyl groups is 1. The molecule has 5 fully saturated rings. The largest absolute Gasteiger partial charge is 0.391 e. The number of hydrogen-bond donors (Lipinski definition) is 2. The number of aliphatic hydroxyl groups excluding tert-OH is 1. The summed E-state index contributed by atoms with van der Waals surface area (Å²) in [6, 6.07) is 9.56. The Morgan fingerprint density at radius 2 is 1.76 bits per heavy atom. The van der Waals surface area contributed by atoms with Gasteiger partial charge in [0.15, 0.2) is 0 Å². The molecule has 3 N–H and O–H groups in total. The first kappa shape index (κ1) is 26.5. The summed E-state index contributed by atoms with van der Waals surface area (Å²) in [5, 5.41) is 11.3. The van der Waals surface area contributed by atoms with E-state index in [1.807, 2.05) is 18.0 Å². The van der Waals surface area contributed by atoms with Gasteiger partial charge < -0.3 is 20.6 Å². The number of rotatable bonds is 4. The van der Waals surface area contributed by atoms with Gasteiger partial charge in [0, 0.05) is 42.2 Å². The Balaban J connectivity index is 1.16. The van der Waals surface area contributed by atoms with Crippen LogP contribution in [-0.2, 0) is 4.79 Å². The van der Waals surface area contributed by atoms with E-state index >= 15 is 0 Å². The summed E-state index contributed by atoms with van der Waals surface area (Å²) in [5.74, 6) is -0.750. The van der Waals surface area contributed by atoms with E-state index in [2.05, 4.69) is 34.1 Å². The van der Waals surface area contributed by atoms with Crippen molar-refractivity contribution < 1.29 is 23.1 Å². The van der Waals surface area contributed by atoms with E-state index in [0.717, 1.165) is 38.5 Å². The lowest BCUT2D eigenvalue weighted by Gasteiger charge is -2.48. The van der Waals surface area contributed by atoms with Crippen LogP contribution in [0.3, 0.4) is 0 Å².